The predicted molar refractivity (Wildman–Crippen MR) is 82.0 cm³/mol. The Bertz CT molecular complexity index is 529. The van der Waals surface area contributed by atoms with Gasteiger partial charge in [-0.05, 0) is 42.0 Å². The van der Waals surface area contributed by atoms with E-state index in [0.29, 0.717) is 6.04 Å². The number of hydrogen-bond acceptors (Lipinski definition) is 2. The molecule has 2 heteroatoms. The van der Waals surface area contributed by atoms with Crippen molar-refractivity contribution in [1.82, 2.24) is 5.32 Å². The molecule has 1 aliphatic rings. The summed E-state index contributed by atoms with van der Waals surface area (Å²) in [4.78, 5) is 0. The topological polar surface area (TPSA) is 21.3 Å². The van der Waals surface area contributed by atoms with Crippen LogP contribution in [0.15, 0.2) is 54.6 Å². The molecule has 1 aliphatic carbocycles. The van der Waals surface area contributed by atoms with Crippen LogP contribution in [0, 0.1) is 0 Å². The van der Waals surface area contributed by atoms with Crippen LogP contribution in [0.3, 0.4) is 0 Å². The van der Waals surface area contributed by atoms with Crippen molar-refractivity contribution in [2.45, 2.75) is 31.3 Å². The number of nitrogens with one attached hydrogen (secondary N) is 1. The zero-order chi connectivity index (χ0) is 13.8. The Morgan fingerprint density at radius 3 is 2.35 bits per heavy atom. The van der Waals surface area contributed by atoms with Gasteiger partial charge in [-0.3, -0.25) is 0 Å². The minimum Gasteiger partial charge on any atom is -0.497 e. The molecule has 3 rings (SSSR count). The molecule has 0 bridgehead atoms. The van der Waals surface area contributed by atoms with Crippen molar-refractivity contribution in [2.24, 2.45) is 0 Å². The summed E-state index contributed by atoms with van der Waals surface area (Å²) >= 11 is 0. The summed E-state index contributed by atoms with van der Waals surface area (Å²) in [6.07, 6.45) is 2.50. The van der Waals surface area contributed by atoms with E-state index in [1.165, 1.54) is 24.0 Å². The summed E-state index contributed by atoms with van der Waals surface area (Å²) in [5.74, 6) is 1.66. The fourth-order valence-electron chi connectivity index (χ4n) is 2.79. The van der Waals surface area contributed by atoms with E-state index in [9.17, 15) is 0 Å². The lowest BCUT2D eigenvalue weighted by molar-refractivity contribution is 0.289. The summed E-state index contributed by atoms with van der Waals surface area (Å²) in [5, 5.41) is 3.63. The summed E-state index contributed by atoms with van der Waals surface area (Å²) in [6, 6.07) is 19.8. The summed E-state index contributed by atoms with van der Waals surface area (Å²) < 4.78 is 5.17. The second-order valence-corrected chi connectivity index (χ2v) is 5.50. The molecule has 0 amide bonds. The highest BCUT2D eigenvalue weighted by atomic mass is 16.5. The molecule has 0 saturated heterocycles. The molecule has 0 aromatic heterocycles. The van der Waals surface area contributed by atoms with Gasteiger partial charge < -0.3 is 10.1 Å². The van der Waals surface area contributed by atoms with Gasteiger partial charge in [-0.2, -0.15) is 0 Å². The molecule has 0 atom stereocenters. The van der Waals surface area contributed by atoms with Crippen molar-refractivity contribution >= 4 is 0 Å². The van der Waals surface area contributed by atoms with E-state index >= 15 is 0 Å². The first-order valence-corrected chi connectivity index (χ1v) is 7.26. The molecule has 0 spiro atoms. The highest BCUT2D eigenvalue weighted by Crippen LogP contribution is 2.36. The molecule has 1 saturated carbocycles. The van der Waals surface area contributed by atoms with Crippen molar-refractivity contribution < 1.29 is 4.74 Å². The quantitative estimate of drug-likeness (QED) is 0.891. The Hall–Kier alpha value is -1.80. The van der Waals surface area contributed by atoms with Crippen molar-refractivity contribution in [3.05, 3.63) is 65.7 Å². The maximum absolute atomic E-state index is 5.17. The Balaban J connectivity index is 1.45. The molecule has 0 heterocycles. The summed E-state index contributed by atoms with van der Waals surface area (Å²) in [5.41, 5.74) is 2.80. The zero-order valence-corrected chi connectivity index (χ0v) is 11.9. The first-order valence-electron chi connectivity index (χ1n) is 7.26. The van der Waals surface area contributed by atoms with E-state index in [-0.39, 0.29) is 0 Å². The average molecular weight is 267 g/mol. The maximum Gasteiger partial charge on any atom is 0.118 e. The Morgan fingerprint density at radius 1 is 1.00 bits per heavy atom. The molecule has 2 aromatic rings. The Kier molecular flexibility index (Phi) is 4.03. The number of hydrogen-bond donors (Lipinski definition) is 1. The smallest absolute Gasteiger partial charge is 0.118 e. The first-order chi connectivity index (χ1) is 9.85. The minimum atomic E-state index is 0.655. The molecule has 0 aliphatic heterocycles. The van der Waals surface area contributed by atoms with E-state index in [1.54, 1.807) is 7.11 Å². The molecular formula is C18H21NO. The van der Waals surface area contributed by atoms with Gasteiger partial charge in [0.15, 0.2) is 0 Å². The van der Waals surface area contributed by atoms with Crippen molar-refractivity contribution in [2.75, 3.05) is 7.11 Å². The van der Waals surface area contributed by atoms with Crippen LogP contribution in [0.4, 0.5) is 0 Å². The molecule has 0 radical (unpaired) electrons. The molecule has 1 N–H and O–H groups in total. The van der Waals surface area contributed by atoms with Gasteiger partial charge in [0.2, 0.25) is 0 Å². The van der Waals surface area contributed by atoms with E-state index in [0.717, 1.165) is 18.2 Å². The van der Waals surface area contributed by atoms with Crippen LogP contribution in [0.2, 0.25) is 0 Å². The van der Waals surface area contributed by atoms with E-state index in [2.05, 4.69) is 47.8 Å². The van der Waals surface area contributed by atoms with Gasteiger partial charge in [0.1, 0.15) is 5.75 Å². The third-order valence-corrected chi connectivity index (χ3v) is 4.16. The maximum atomic E-state index is 5.17. The van der Waals surface area contributed by atoms with Crippen molar-refractivity contribution in [3.8, 4) is 5.75 Å². The summed E-state index contributed by atoms with van der Waals surface area (Å²) in [6.45, 7) is 0.941. The third-order valence-electron chi connectivity index (χ3n) is 4.16. The van der Waals surface area contributed by atoms with Gasteiger partial charge in [-0.1, -0.05) is 42.5 Å². The normalized spacial score (nSPS) is 21.2. The summed E-state index contributed by atoms with van der Waals surface area (Å²) in [7, 11) is 1.70. The molecular weight excluding hydrogens is 246 g/mol. The van der Waals surface area contributed by atoms with E-state index in [1.807, 2.05) is 12.1 Å². The highest BCUT2D eigenvalue weighted by molar-refractivity contribution is 5.27. The molecule has 104 valence electrons. The monoisotopic (exact) mass is 267 g/mol. The van der Waals surface area contributed by atoms with E-state index < -0.39 is 0 Å². The van der Waals surface area contributed by atoms with Crippen LogP contribution in [-0.4, -0.2) is 13.2 Å². The zero-order valence-electron chi connectivity index (χ0n) is 11.9. The lowest BCUT2D eigenvalue weighted by Gasteiger charge is -2.36. The van der Waals surface area contributed by atoms with Crippen LogP contribution in [-0.2, 0) is 6.54 Å². The fourth-order valence-corrected chi connectivity index (χ4v) is 2.79. The molecule has 2 nitrogen and oxygen atoms in total. The molecule has 0 unspecified atom stereocenters. The van der Waals surface area contributed by atoms with E-state index in [4.69, 9.17) is 4.74 Å². The predicted octanol–water partition coefficient (Wildman–Crippen LogP) is 3.73. The van der Waals surface area contributed by atoms with Gasteiger partial charge >= 0.3 is 0 Å². The second kappa shape index (κ2) is 6.10. The van der Waals surface area contributed by atoms with Gasteiger partial charge in [-0.25, -0.2) is 0 Å². The van der Waals surface area contributed by atoms with Crippen LogP contribution >= 0.6 is 0 Å². The van der Waals surface area contributed by atoms with Crippen molar-refractivity contribution in [1.29, 1.82) is 0 Å². The van der Waals surface area contributed by atoms with Gasteiger partial charge in [0.25, 0.3) is 0 Å². The first kappa shape index (κ1) is 13.2. The van der Waals surface area contributed by atoms with Crippen LogP contribution in [0.25, 0.3) is 0 Å². The van der Waals surface area contributed by atoms with Gasteiger partial charge in [-0.15, -0.1) is 0 Å². The van der Waals surface area contributed by atoms with Gasteiger partial charge in [0, 0.05) is 12.6 Å². The Morgan fingerprint density at radius 2 is 1.70 bits per heavy atom. The van der Waals surface area contributed by atoms with Crippen LogP contribution < -0.4 is 10.1 Å². The van der Waals surface area contributed by atoms with Crippen LogP contribution in [0.1, 0.15) is 29.9 Å². The third kappa shape index (κ3) is 3.02. The van der Waals surface area contributed by atoms with Gasteiger partial charge in [0.05, 0.1) is 7.11 Å². The molecule has 2 aromatic carbocycles. The lowest BCUT2D eigenvalue weighted by Crippen LogP contribution is -2.39. The Labute approximate surface area is 120 Å². The number of methoxy groups -OCH3 is 1. The average Bonchev–Trinajstić information content (AvgIpc) is 2.47. The highest BCUT2D eigenvalue weighted by Gasteiger charge is 2.29. The fraction of sp³-hybridized carbons (Fsp3) is 0.333. The standard InChI is InChI=1S/C18H21NO/c1-20-18-9-7-14(8-10-18)13-19-17-11-16(12-17)15-5-3-2-4-6-15/h2-10,16-17,19H,11-13H2,1H3. The largest absolute Gasteiger partial charge is 0.497 e. The number of rotatable bonds is 5. The molecule has 20 heavy (non-hydrogen) atoms. The van der Waals surface area contributed by atoms with Crippen molar-refractivity contribution in [3.63, 3.8) is 0 Å². The SMILES string of the molecule is COc1ccc(CNC2CC(c3ccccc3)C2)cc1. The van der Waals surface area contributed by atoms with Crippen LogP contribution in [0.5, 0.6) is 5.75 Å². The lowest BCUT2D eigenvalue weighted by atomic mass is 9.76. The minimum absolute atomic E-state index is 0.655. The molecule has 1 fully saturated rings. The number of ether oxygens (including phenoxy) is 1. The second-order valence-electron chi connectivity index (χ2n) is 5.50. The number of benzene rings is 2.